The first-order valence-electron chi connectivity index (χ1n) is 8.91. The fourth-order valence-corrected chi connectivity index (χ4v) is 3.19. The van der Waals surface area contributed by atoms with E-state index in [9.17, 15) is 9.90 Å². The highest BCUT2D eigenvalue weighted by atomic mass is 16.3. The Morgan fingerprint density at radius 3 is 2.72 bits per heavy atom. The quantitative estimate of drug-likeness (QED) is 0.781. The van der Waals surface area contributed by atoms with Gasteiger partial charge in [-0.2, -0.15) is 5.10 Å². The van der Waals surface area contributed by atoms with Crippen LogP contribution in [0.2, 0.25) is 0 Å². The van der Waals surface area contributed by atoms with E-state index in [1.807, 2.05) is 36.0 Å². The standard InChI is InChI=1S/C19H26N4O2/c1-14(21-19(25)22-17-7-9-18(24)10-8-17)16-11-20-23(13-16)12-15-5-3-2-4-6-15/h2-6,11,13-14,17-18,24H,7-10,12H2,1H3,(H2,21,22,25). The van der Waals surface area contributed by atoms with Gasteiger partial charge in [-0.3, -0.25) is 4.68 Å². The third-order valence-electron chi connectivity index (χ3n) is 4.72. The number of nitrogens with one attached hydrogen (secondary N) is 2. The van der Waals surface area contributed by atoms with E-state index in [0.29, 0.717) is 6.54 Å². The van der Waals surface area contributed by atoms with Crippen LogP contribution in [-0.2, 0) is 6.54 Å². The summed E-state index contributed by atoms with van der Waals surface area (Å²) in [6, 6.07) is 10.0. The summed E-state index contributed by atoms with van der Waals surface area (Å²) in [5, 5.41) is 19.9. The summed E-state index contributed by atoms with van der Waals surface area (Å²) in [7, 11) is 0. The highest BCUT2D eigenvalue weighted by molar-refractivity contribution is 5.74. The normalized spacial score (nSPS) is 21.5. The molecule has 1 unspecified atom stereocenters. The molecular weight excluding hydrogens is 316 g/mol. The van der Waals surface area contributed by atoms with Crippen molar-refractivity contribution in [2.24, 2.45) is 0 Å². The van der Waals surface area contributed by atoms with E-state index in [1.165, 1.54) is 5.56 Å². The molecule has 134 valence electrons. The first-order chi connectivity index (χ1) is 12.1. The van der Waals surface area contributed by atoms with E-state index in [1.54, 1.807) is 6.20 Å². The van der Waals surface area contributed by atoms with Gasteiger partial charge in [0.25, 0.3) is 0 Å². The summed E-state index contributed by atoms with van der Waals surface area (Å²) in [4.78, 5) is 12.2. The molecule has 1 aromatic carbocycles. The molecule has 2 aromatic rings. The number of carbonyl (C=O) groups excluding carboxylic acids is 1. The fourth-order valence-electron chi connectivity index (χ4n) is 3.19. The number of amides is 2. The lowest BCUT2D eigenvalue weighted by Crippen LogP contribution is -2.44. The Bertz CT molecular complexity index is 678. The predicted octanol–water partition coefficient (Wildman–Crippen LogP) is 2.60. The van der Waals surface area contributed by atoms with Crippen molar-refractivity contribution >= 4 is 6.03 Å². The molecule has 0 spiro atoms. The minimum atomic E-state index is -0.213. The van der Waals surface area contributed by atoms with Crippen LogP contribution < -0.4 is 10.6 Å². The molecule has 0 saturated heterocycles. The second kappa shape index (κ2) is 8.16. The van der Waals surface area contributed by atoms with Crippen molar-refractivity contribution < 1.29 is 9.90 Å². The van der Waals surface area contributed by atoms with Crippen LogP contribution in [0.1, 0.15) is 49.8 Å². The van der Waals surface area contributed by atoms with Crippen LogP contribution in [0.15, 0.2) is 42.7 Å². The molecule has 25 heavy (non-hydrogen) atoms. The Hall–Kier alpha value is -2.34. The third kappa shape index (κ3) is 5.06. The number of rotatable bonds is 5. The maximum atomic E-state index is 12.2. The summed E-state index contributed by atoms with van der Waals surface area (Å²) < 4.78 is 1.88. The van der Waals surface area contributed by atoms with E-state index < -0.39 is 0 Å². The first-order valence-corrected chi connectivity index (χ1v) is 8.91. The minimum absolute atomic E-state index is 0.112. The lowest BCUT2D eigenvalue weighted by Gasteiger charge is -2.26. The molecule has 0 aliphatic heterocycles. The van der Waals surface area contributed by atoms with E-state index in [0.717, 1.165) is 31.2 Å². The molecule has 1 fully saturated rings. The molecule has 0 radical (unpaired) electrons. The molecule has 3 rings (SSSR count). The average molecular weight is 342 g/mol. The van der Waals surface area contributed by atoms with Crippen molar-refractivity contribution in [3.05, 3.63) is 53.9 Å². The van der Waals surface area contributed by atoms with Gasteiger partial charge in [0, 0.05) is 17.8 Å². The number of hydrogen-bond donors (Lipinski definition) is 3. The summed E-state index contributed by atoms with van der Waals surface area (Å²) in [5.41, 5.74) is 2.17. The Labute approximate surface area is 148 Å². The van der Waals surface area contributed by atoms with Gasteiger partial charge in [-0.05, 0) is 38.2 Å². The van der Waals surface area contributed by atoms with Gasteiger partial charge in [0.05, 0.1) is 24.9 Å². The monoisotopic (exact) mass is 342 g/mol. The highest BCUT2D eigenvalue weighted by Crippen LogP contribution is 2.18. The molecule has 1 aliphatic rings. The zero-order valence-corrected chi connectivity index (χ0v) is 14.6. The highest BCUT2D eigenvalue weighted by Gasteiger charge is 2.21. The number of benzene rings is 1. The van der Waals surface area contributed by atoms with Crippen molar-refractivity contribution in [1.82, 2.24) is 20.4 Å². The summed E-state index contributed by atoms with van der Waals surface area (Å²) in [6.07, 6.45) is 6.73. The van der Waals surface area contributed by atoms with Crippen LogP contribution in [0.5, 0.6) is 0 Å². The predicted molar refractivity (Wildman–Crippen MR) is 96.1 cm³/mol. The molecule has 0 bridgehead atoms. The number of aliphatic hydroxyl groups excluding tert-OH is 1. The molecule has 3 N–H and O–H groups in total. The lowest BCUT2D eigenvalue weighted by molar-refractivity contribution is 0.117. The third-order valence-corrected chi connectivity index (χ3v) is 4.72. The zero-order chi connectivity index (χ0) is 17.6. The SMILES string of the molecule is CC(NC(=O)NC1CCC(O)CC1)c1cnn(Cc2ccccc2)c1. The van der Waals surface area contributed by atoms with Crippen LogP contribution in [0.25, 0.3) is 0 Å². The molecule has 1 aliphatic carbocycles. The largest absolute Gasteiger partial charge is 0.393 e. The zero-order valence-electron chi connectivity index (χ0n) is 14.6. The summed E-state index contributed by atoms with van der Waals surface area (Å²) in [6.45, 7) is 2.66. The summed E-state index contributed by atoms with van der Waals surface area (Å²) in [5.74, 6) is 0. The molecule has 1 heterocycles. The number of urea groups is 1. The molecule has 1 aromatic heterocycles. The van der Waals surface area contributed by atoms with Crippen molar-refractivity contribution in [3.63, 3.8) is 0 Å². The summed E-state index contributed by atoms with van der Waals surface area (Å²) >= 11 is 0. The van der Waals surface area contributed by atoms with Gasteiger partial charge in [0.2, 0.25) is 0 Å². The number of aliphatic hydroxyl groups is 1. The number of hydrogen-bond acceptors (Lipinski definition) is 3. The average Bonchev–Trinajstić information content (AvgIpc) is 3.06. The van der Waals surface area contributed by atoms with Crippen LogP contribution in [0.4, 0.5) is 4.79 Å². The smallest absolute Gasteiger partial charge is 0.315 e. The maximum absolute atomic E-state index is 12.2. The van der Waals surface area contributed by atoms with E-state index in [2.05, 4.69) is 27.9 Å². The molecule has 2 amide bonds. The van der Waals surface area contributed by atoms with Gasteiger partial charge < -0.3 is 15.7 Å². The van der Waals surface area contributed by atoms with E-state index >= 15 is 0 Å². The van der Waals surface area contributed by atoms with Gasteiger partial charge in [-0.25, -0.2) is 4.79 Å². The second-order valence-corrected chi connectivity index (χ2v) is 6.80. The minimum Gasteiger partial charge on any atom is -0.393 e. The van der Waals surface area contributed by atoms with E-state index in [4.69, 9.17) is 0 Å². The van der Waals surface area contributed by atoms with Gasteiger partial charge in [-0.15, -0.1) is 0 Å². The topological polar surface area (TPSA) is 79.2 Å². The van der Waals surface area contributed by atoms with Gasteiger partial charge in [0.1, 0.15) is 0 Å². The van der Waals surface area contributed by atoms with Crippen molar-refractivity contribution in [1.29, 1.82) is 0 Å². The van der Waals surface area contributed by atoms with Gasteiger partial charge >= 0.3 is 6.03 Å². The number of carbonyl (C=O) groups is 1. The van der Waals surface area contributed by atoms with Crippen molar-refractivity contribution in [2.45, 2.75) is 57.3 Å². The molecular formula is C19H26N4O2. The lowest BCUT2D eigenvalue weighted by atomic mass is 9.93. The Morgan fingerprint density at radius 2 is 2.00 bits per heavy atom. The van der Waals surface area contributed by atoms with Crippen LogP contribution in [0.3, 0.4) is 0 Å². The Kier molecular flexibility index (Phi) is 5.71. The van der Waals surface area contributed by atoms with Gasteiger partial charge in [-0.1, -0.05) is 30.3 Å². The Morgan fingerprint density at radius 1 is 1.28 bits per heavy atom. The van der Waals surface area contributed by atoms with Crippen molar-refractivity contribution in [3.8, 4) is 0 Å². The maximum Gasteiger partial charge on any atom is 0.315 e. The second-order valence-electron chi connectivity index (χ2n) is 6.80. The van der Waals surface area contributed by atoms with Crippen LogP contribution >= 0.6 is 0 Å². The number of aromatic nitrogens is 2. The number of nitrogens with zero attached hydrogens (tertiary/aromatic N) is 2. The Balaban J connectivity index is 1.49. The molecule has 1 atom stereocenters. The molecule has 6 heteroatoms. The van der Waals surface area contributed by atoms with Crippen molar-refractivity contribution in [2.75, 3.05) is 0 Å². The molecule has 1 saturated carbocycles. The van der Waals surface area contributed by atoms with Crippen LogP contribution in [-0.4, -0.2) is 33.1 Å². The molecule has 6 nitrogen and oxygen atoms in total. The fraction of sp³-hybridized carbons (Fsp3) is 0.474. The van der Waals surface area contributed by atoms with Crippen LogP contribution in [0, 0.1) is 0 Å². The first kappa shape index (κ1) is 17.5. The van der Waals surface area contributed by atoms with Gasteiger partial charge in [0.15, 0.2) is 0 Å². The van der Waals surface area contributed by atoms with E-state index in [-0.39, 0.29) is 24.2 Å².